The van der Waals surface area contributed by atoms with Crippen LogP contribution in [0.2, 0.25) is 0 Å². The molecule has 1 aromatic rings. The highest BCUT2D eigenvalue weighted by molar-refractivity contribution is 6.01. The highest BCUT2D eigenvalue weighted by Gasteiger charge is 2.08. The summed E-state index contributed by atoms with van der Waals surface area (Å²) in [5, 5.41) is 10.9. The minimum Gasteiger partial charge on any atom is -0.399 e. The van der Waals surface area contributed by atoms with Crippen molar-refractivity contribution in [3.63, 3.8) is 0 Å². The number of nitrogen functional groups attached to an aromatic ring is 1. The Morgan fingerprint density at radius 1 is 1.43 bits per heavy atom. The molecule has 1 rings (SSSR count). The maximum absolute atomic E-state index is 7.86. The van der Waals surface area contributed by atoms with Gasteiger partial charge < -0.3 is 16.0 Å². The van der Waals surface area contributed by atoms with Gasteiger partial charge in [-0.2, -0.15) is 0 Å². The second-order valence-corrected chi connectivity index (χ2v) is 3.30. The molecule has 0 aliphatic carbocycles. The van der Waals surface area contributed by atoms with Crippen LogP contribution in [-0.2, 0) is 0 Å². The molecule has 1 aromatic carbocycles. The summed E-state index contributed by atoms with van der Waals surface area (Å²) in [4.78, 5) is 1.75. The number of amidine groups is 1. The third-order valence-electron chi connectivity index (χ3n) is 2.02. The quantitative estimate of drug-likeness (QED) is 0.375. The van der Waals surface area contributed by atoms with Crippen molar-refractivity contribution in [3.8, 4) is 0 Å². The van der Waals surface area contributed by atoms with E-state index in [1.165, 1.54) is 0 Å². The van der Waals surface area contributed by atoms with Crippen molar-refractivity contribution in [2.24, 2.45) is 0 Å². The zero-order valence-corrected chi connectivity index (χ0v) is 8.76. The van der Waals surface area contributed by atoms with Crippen LogP contribution in [0.3, 0.4) is 0 Å². The molecule has 0 saturated carbocycles. The molecule has 0 unspecified atom stereocenters. The summed E-state index contributed by atoms with van der Waals surface area (Å²) < 4.78 is 0. The highest BCUT2D eigenvalue weighted by Crippen LogP contribution is 2.19. The SMILES string of the molecule is CNc1ccc(N)cc1C(=N)N(C)C. The monoisotopic (exact) mass is 192 g/mol. The molecule has 0 aromatic heterocycles. The van der Waals surface area contributed by atoms with Gasteiger partial charge in [0.2, 0.25) is 0 Å². The van der Waals surface area contributed by atoms with E-state index in [-0.39, 0.29) is 0 Å². The van der Waals surface area contributed by atoms with Crippen molar-refractivity contribution in [2.45, 2.75) is 0 Å². The number of hydrogen-bond acceptors (Lipinski definition) is 3. The lowest BCUT2D eigenvalue weighted by Crippen LogP contribution is -2.22. The van der Waals surface area contributed by atoms with Crippen LogP contribution < -0.4 is 11.1 Å². The molecule has 0 atom stereocenters. The molecule has 0 aliphatic heterocycles. The van der Waals surface area contributed by atoms with Crippen LogP contribution in [0, 0.1) is 5.41 Å². The van der Waals surface area contributed by atoms with Gasteiger partial charge in [0.1, 0.15) is 5.84 Å². The van der Waals surface area contributed by atoms with E-state index in [9.17, 15) is 0 Å². The largest absolute Gasteiger partial charge is 0.399 e. The zero-order chi connectivity index (χ0) is 10.7. The first kappa shape index (κ1) is 10.4. The van der Waals surface area contributed by atoms with E-state index in [4.69, 9.17) is 11.1 Å². The van der Waals surface area contributed by atoms with Gasteiger partial charge in [-0.3, -0.25) is 5.41 Å². The molecule has 0 bridgehead atoms. The molecule has 0 amide bonds. The summed E-state index contributed by atoms with van der Waals surface area (Å²) in [6.07, 6.45) is 0. The standard InChI is InChI=1S/C10H16N4/c1-13-9-5-4-7(11)6-8(9)10(12)14(2)3/h4-6,12-13H,11H2,1-3H3. The summed E-state index contributed by atoms with van der Waals surface area (Å²) in [6.45, 7) is 0. The molecule has 4 heteroatoms. The van der Waals surface area contributed by atoms with E-state index >= 15 is 0 Å². The second-order valence-electron chi connectivity index (χ2n) is 3.30. The van der Waals surface area contributed by atoms with Crippen LogP contribution in [0.1, 0.15) is 5.56 Å². The molecular weight excluding hydrogens is 176 g/mol. The number of nitrogens with zero attached hydrogens (tertiary/aromatic N) is 1. The number of anilines is 2. The zero-order valence-electron chi connectivity index (χ0n) is 8.76. The minimum absolute atomic E-state index is 0.446. The number of rotatable bonds is 2. The van der Waals surface area contributed by atoms with Gasteiger partial charge >= 0.3 is 0 Å². The van der Waals surface area contributed by atoms with Gasteiger partial charge in [0.25, 0.3) is 0 Å². The smallest absolute Gasteiger partial charge is 0.129 e. The molecule has 0 spiro atoms. The molecule has 14 heavy (non-hydrogen) atoms. The molecule has 0 fully saturated rings. The van der Waals surface area contributed by atoms with Gasteiger partial charge in [-0.1, -0.05) is 0 Å². The lowest BCUT2D eigenvalue weighted by atomic mass is 10.1. The van der Waals surface area contributed by atoms with Crippen molar-refractivity contribution in [2.75, 3.05) is 32.2 Å². The lowest BCUT2D eigenvalue weighted by molar-refractivity contribution is 0.619. The Morgan fingerprint density at radius 3 is 2.57 bits per heavy atom. The van der Waals surface area contributed by atoms with E-state index in [1.54, 1.807) is 11.0 Å². The third-order valence-corrected chi connectivity index (χ3v) is 2.02. The van der Waals surface area contributed by atoms with E-state index in [2.05, 4.69) is 5.32 Å². The Kier molecular flexibility index (Phi) is 2.96. The highest BCUT2D eigenvalue weighted by atomic mass is 15.1. The van der Waals surface area contributed by atoms with E-state index in [0.29, 0.717) is 11.5 Å². The Labute approximate surface area is 84.2 Å². The topological polar surface area (TPSA) is 65.1 Å². The van der Waals surface area contributed by atoms with Gasteiger partial charge in [-0.25, -0.2) is 0 Å². The molecule has 76 valence electrons. The fourth-order valence-corrected chi connectivity index (χ4v) is 1.22. The normalized spacial score (nSPS) is 9.64. The number of nitrogens with one attached hydrogen (secondary N) is 2. The maximum Gasteiger partial charge on any atom is 0.129 e. The first-order valence-corrected chi connectivity index (χ1v) is 4.39. The molecule has 0 heterocycles. The summed E-state index contributed by atoms with van der Waals surface area (Å²) in [7, 11) is 5.51. The van der Waals surface area contributed by atoms with Crippen molar-refractivity contribution in [3.05, 3.63) is 23.8 Å². The predicted molar refractivity (Wildman–Crippen MR) is 60.9 cm³/mol. The Balaban J connectivity index is 3.17. The van der Waals surface area contributed by atoms with Gasteiger partial charge in [0.05, 0.1) is 0 Å². The van der Waals surface area contributed by atoms with Crippen LogP contribution >= 0.6 is 0 Å². The van der Waals surface area contributed by atoms with E-state index < -0.39 is 0 Å². The predicted octanol–water partition coefficient (Wildman–Crippen LogP) is 1.20. The van der Waals surface area contributed by atoms with Crippen LogP contribution in [0.4, 0.5) is 11.4 Å². The van der Waals surface area contributed by atoms with Crippen LogP contribution in [0.15, 0.2) is 18.2 Å². The van der Waals surface area contributed by atoms with E-state index in [1.807, 2.05) is 33.3 Å². The van der Waals surface area contributed by atoms with Gasteiger partial charge in [0.15, 0.2) is 0 Å². The lowest BCUT2D eigenvalue weighted by Gasteiger charge is -2.17. The molecule has 4 N–H and O–H groups in total. The number of nitrogens with two attached hydrogens (primary N) is 1. The van der Waals surface area contributed by atoms with Gasteiger partial charge in [-0.05, 0) is 18.2 Å². The molecule has 4 nitrogen and oxygen atoms in total. The average Bonchev–Trinajstić information content (AvgIpc) is 2.16. The molecule has 0 aliphatic rings. The van der Waals surface area contributed by atoms with E-state index in [0.717, 1.165) is 11.3 Å². The van der Waals surface area contributed by atoms with Crippen molar-refractivity contribution in [1.82, 2.24) is 4.90 Å². The first-order valence-electron chi connectivity index (χ1n) is 4.39. The fraction of sp³-hybridized carbons (Fsp3) is 0.300. The van der Waals surface area contributed by atoms with Gasteiger partial charge in [0, 0.05) is 38.1 Å². The molecule has 0 saturated heterocycles. The number of hydrogen-bond donors (Lipinski definition) is 3. The third kappa shape index (κ3) is 1.96. The summed E-state index contributed by atoms with van der Waals surface area (Å²) >= 11 is 0. The van der Waals surface area contributed by atoms with Crippen LogP contribution in [0.25, 0.3) is 0 Å². The first-order chi connectivity index (χ1) is 6.56. The summed E-state index contributed by atoms with van der Waals surface area (Å²) in [6, 6.07) is 5.50. The molecule has 0 radical (unpaired) electrons. The number of benzene rings is 1. The fourth-order valence-electron chi connectivity index (χ4n) is 1.22. The minimum atomic E-state index is 0.446. The average molecular weight is 192 g/mol. The summed E-state index contributed by atoms with van der Waals surface area (Å²) in [5.41, 5.74) is 8.08. The Bertz CT molecular complexity index is 344. The van der Waals surface area contributed by atoms with Crippen LogP contribution in [0.5, 0.6) is 0 Å². The van der Waals surface area contributed by atoms with Crippen molar-refractivity contribution in [1.29, 1.82) is 5.41 Å². The summed E-state index contributed by atoms with van der Waals surface area (Å²) in [5.74, 6) is 0.446. The molecular formula is C10H16N4. The van der Waals surface area contributed by atoms with Crippen molar-refractivity contribution < 1.29 is 0 Å². The van der Waals surface area contributed by atoms with Crippen molar-refractivity contribution >= 4 is 17.2 Å². The Morgan fingerprint density at radius 2 is 2.07 bits per heavy atom. The van der Waals surface area contributed by atoms with Crippen LogP contribution in [-0.4, -0.2) is 31.9 Å². The van der Waals surface area contributed by atoms with Gasteiger partial charge in [-0.15, -0.1) is 0 Å². The second kappa shape index (κ2) is 4.00. The Hall–Kier alpha value is -1.71. The maximum atomic E-state index is 7.86.